The minimum atomic E-state index is -0.331. The molecule has 1 aromatic rings. The molecule has 2 N–H and O–H groups in total. The lowest BCUT2D eigenvalue weighted by molar-refractivity contribution is 0.321. The fourth-order valence-electron chi connectivity index (χ4n) is 1.92. The Balaban J connectivity index is 2.44. The molecule has 0 unspecified atom stereocenters. The summed E-state index contributed by atoms with van der Waals surface area (Å²) in [6.45, 7) is 5.89. The van der Waals surface area contributed by atoms with Crippen LogP contribution in [0.25, 0.3) is 0 Å². The summed E-state index contributed by atoms with van der Waals surface area (Å²) in [5, 5.41) is 6.41. The Morgan fingerprint density at radius 3 is 2.67 bits per heavy atom. The largest absolute Gasteiger partial charge is 0.491 e. The van der Waals surface area contributed by atoms with Gasteiger partial charge in [-0.15, -0.1) is 0 Å². The number of rotatable bonds is 8. The van der Waals surface area contributed by atoms with E-state index in [-0.39, 0.29) is 5.82 Å². The van der Waals surface area contributed by atoms with Gasteiger partial charge in [0.15, 0.2) is 17.5 Å². The smallest absolute Gasteiger partial charge is 0.191 e. The number of ether oxygens (including phenoxy) is 1. The van der Waals surface area contributed by atoms with Crippen molar-refractivity contribution in [3.8, 4) is 5.75 Å². The normalized spacial score (nSPS) is 11.3. The van der Waals surface area contributed by atoms with Gasteiger partial charge in [-0.25, -0.2) is 4.39 Å². The van der Waals surface area contributed by atoms with E-state index in [1.807, 2.05) is 13.0 Å². The van der Waals surface area contributed by atoms with Crippen molar-refractivity contribution in [2.75, 3.05) is 20.2 Å². The predicted octanol–water partition coefficient (Wildman–Crippen LogP) is 3.08. The van der Waals surface area contributed by atoms with E-state index in [4.69, 9.17) is 4.74 Å². The summed E-state index contributed by atoms with van der Waals surface area (Å²) in [5.41, 5.74) is 0.854. The zero-order valence-corrected chi connectivity index (χ0v) is 13.2. The summed E-state index contributed by atoms with van der Waals surface area (Å²) in [6, 6.07) is 5.00. The maximum absolute atomic E-state index is 13.7. The third-order valence-corrected chi connectivity index (χ3v) is 3.05. The molecule has 5 heteroatoms. The van der Waals surface area contributed by atoms with Gasteiger partial charge >= 0.3 is 0 Å². The highest BCUT2D eigenvalue weighted by molar-refractivity contribution is 5.79. The third kappa shape index (κ3) is 6.47. The van der Waals surface area contributed by atoms with Crippen molar-refractivity contribution >= 4 is 5.96 Å². The van der Waals surface area contributed by atoms with Crippen LogP contribution in [-0.2, 0) is 6.54 Å². The van der Waals surface area contributed by atoms with Crippen molar-refractivity contribution in [1.29, 1.82) is 0 Å². The number of nitrogens with one attached hydrogen (secondary N) is 2. The Kier molecular flexibility index (Phi) is 8.24. The zero-order chi connectivity index (χ0) is 15.5. The fourth-order valence-corrected chi connectivity index (χ4v) is 1.92. The molecule has 0 amide bonds. The van der Waals surface area contributed by atoms with Crippen LogP contribution < -0.4 is 15.4 Å². The summed E-state index contributed by atoms with van der Waals surface area (Å²) in [6.07, 6.45) is 3.52. The minimum absolute atomic E-state index is 0.295. The van der Waals surface area contributed by atoms with Gasteiger partial charge in [0, 0.05) is 20.1 Å². The Morgan fingerprint density at radius 1 is 1.24 bits per heavy atom. The second kappa shape index (κ2) is 10.0. The first-order valence-corrected chi connectivity index (χ1v) is 7.57. The highest BCUT2D eigenvalue weighted by atomic mass is 19.1. The van der Waals surface area contributed by atoms with Gasteiger partial charge in [0.25, 0.3) is 0 Å². The molecule has 0 saturated heterocycles. The molecule has 0 fully saturated rings. The quantitative estimate of drug-likeness (QED) is 0.440. The lowest BCUT2D eigenvalue weighted by Crippen LogP contribution is -2.37. The van der Waals surface area contributed by atoms with E-state index in [0.717, 1.165) is 24.5 Å². The van der Waals surface area contributed by atoms with Crippen LogP contribution in [0.2, 0.25) is 0 Å². The number of guanidine groups is 1. The van der Waals surface area contributed by atoms with Crippen LogP contribution in [0.1, 0.15) is 38.7 Å². The number of aliphatic imine (C=N–C) groups is 1. The van der Waals surface area contributed by atoms with Crippen LogP contribution in [0.15, 0.2) is 23.2 Å². The third-order valence-electron chi connectivity index (χ3n) is 3.05. The molecule has 4 nitrogen and oxygen atoms in total. The molecule has 0 aromatic heterocycles. The molecule has 0 saturated carbocycles. The monoisotopic (exact) mass is 295 g/mol. The summed E-state index contributed by atoms with van der Waals surface area (Å²) in [5.74, 6) is 0.700. The number of nitrogens with zero attached hydrogens (tertiary/aromatic N) is 1. The van der Waals surface area contributed by atoms with Gasteiger partial charge in [0.05, 0.1) is 6.61 Å². The van der Waals surface area contributed by atoms with Crippen molar-refractivity contribution in [2.45, 2.75) is 39.7 Å². The number of hydrogen-bond donors (Lipinski definition) is 2. The second-order valence-corrected chi connectivity index (χ2v) is 4.76. The lowest BCUT2D eigenvalue weighted by Gasteiger charge is -2.12. The van der Waals surface area contributed by atoms with E-state index in [1.54, 1.807) is 13.1 Å². The van der Waals surface area contributed by atoms with Gasteiger partial charge in [-0.1, -0.05) is 25.8 Å². The highest BCUT2D eigenvalue weighted by Gasteiger charge is 2.05. The summed E-state index contributed by atoms with van der Waals surface area (Å²) >= 11 is 0. The molecule has 0 aliphatic heterocycles. The van der Waals surface area contributed by atoms with E-state index in [1.165, 1.54) is 18.9 Å². The Labute approximate surface area is 126 Å². The van der Waals surface area contributed by atoms with Crippen LogP contribution in [0, 0.1) is 5.82 Å². The van der Waals surface area contributed by atoms with Crippen molar-refractivity contribution in [3.05, 3.63) is 29.6 Å². The summed E-state index contributed by atoms with van der Waals surface area (Å²) in [4.78, 5) is 4.15. The standard InChI is InChI=1S/C16H26FN3O/c1-4-6-7-10-19-16(18-3)20-12-13-8-9-15(21-5-2)14(17)11-13/h8-9,11H,4-7,10,12H2,1-3H3,(H2,18,19,20). The van der Waals surface area contributed by atoms with Crippen LogP contribution in [-0.4, -0.2) is 26.2 Å². The second-order valence-electron chi connectivity index (χ2n) is 4.76. The SMILES string of the molecule is CCCCCNC(=NC)NCc1ccc(OCC)c(F)c1. The molecule has 0 heterocycles. The van der Waals surface area contributed by atoms with Crippen molar-refractivity contribution in [2.24, 2.45) is 4.99 Å². The van der Waals surface area contributed by atoms with Crippen LogP contribution >= 0.6 is 0 Å². The average molecular weight is 295 g/mol. The fraction of sp³-hybridized carbons (Fsp3) is 0.562. The molecule has 21 heavy (non-hydrogen) atoms. The van der Waals surface area contributed by atoms with E-state index in [0.29, 0.717) is 18.9 Å². The van der Waals surface area contributed by atoms with Gasteiger partial charge in [-0.3, -0.25) is 4.99 Å². The Morgan fingerprint density at radius 2 is 2.05 bits per heavy atom. The molecular weight excluding hydrogens is 269 g/mol. The van der Waals surface area contributed by atoms with Crippen molar-refractivity contribution in [3.63, 3.8) is 0 Å². The number of unbranched alkanes of at least 4 members (excludes halogenated alkanes) is 2. The Hall–Kier alpha value is -1.78. The van der Waals surface area contributed by atoms with Crippen molar-refractivity contribution < 1.29 is 9.13 Å². The van der Waals surface area contributed by atoms with Gasteiger partial charge < -0.3 is 15.4 Å². The van der Waals surface area contributed by atoms with E-state index in [9.17, 15) is 4.39 Å². The van der Waals surface area contributed by atoms with Gasteiger partial charge in [0.1, 0.15) is 0 Å². The molecule has 0 aliphatic rings. The van der Waals surface area contributed by atoms with Crippen LogP contribution in [0.5, 0.6) is 5.75 Å². The molecular formula is C16H26FN3O. The molecule has 1 rings (SSSR count). The highest BCUT2D eigenvalue weighted by Crippen LogP contribution is 2.18. The average Bonchev–Trinajstić information content (AvgIpc) is 2.49. The summed E-state index contributed by atoms with van der Waals surface area (Å²) < 4.78 is 18.9. The predicted molar refractivity (Wildman–Crippen MR) is 85.3 cm³/mol. The van der Waals surface area contributed by atoms with Gasteiger partial charge in [-0.2, -0.15) is 0 Å². The molecule has 0 atom stereocenters. The molecule has 0 radical (unpaired) electrons. The van der Waals surface area contributed by atoms with Gasteiger partial charge in [-0.05, 0) is 31.0 Å². The molecule has 0 bridgehead atoms. The first-order valence-electron chi connectivity index (χ1n) is 7.57. The van der Waals surface area contributed by atoms with E-state index >= 15 is 0 Å². The summed E-state index contributed by atoms with van der Waals surface area (Å²) in [7, 11) is 1.73. The molecule has 0 aliphatic carbocycles. The maximum Gasteiger partial charge on any atom is 0.191 e. The van der Waals surface area contributed by atoms with E-state index < -0.39 is 0 Å². The van der Waals surface area contributed by atoms with Gasteiger partial charge in [0.2, 0.25) is 0 Å². The lowest BCUT2D eigenvalue weighted by atomic mass is 10.2. The van der Waals surface area contributed by atoms with Crippen LogP contribution in [0.3, 0.4) is 0 Å². The Bertz CT molecular complexity index is 449. The minimum Gasteiger partial charge on any atom is -0.491 e. The first-order chi connectivity index (χ1) is 10.2. The van der Waals surface area contributed by atoms with E-state index in [2.05, 4.69) is 22.5 Å². The first kappa shape index (κ1) is 17.3. The zero-order valence-electron chi connectivity index (χ0n) is 13.2. The number of hydrogen-bond acceptors (Lipinski definition) is 2. The molecule has 118 valence electrons. The van der Waals surface area contributed by atoms with Crippen LogP contribution in [0.4, 0.5) is 4.39 Å². The topological polar surface area (TPSA) is 45.7 Å². The maximum atomic E-state index is 13.7. The molecule has 1 aromatic carbocycles. The molecule has 0 spiro atoms. The number of halogens is 1. The number of benzene rings is 1. The van der Waals surface area contributed by atoms with Crippen molar-refractivity contribution in [1.82, 2.24) is 10.6 Å².